The van der Waals surface area contributed by atoms with E-state index in [4.69, 9.17) is 5.73 Å². The summed E-state index contributed by atoms with van der Waals surface area (Å²) in [6.07, 6.45) is 2.60. The molecule has 0 radical (unpaired) electrons. The van der Waals surface area contributed by atoms with Gasteiger partial charge in [-0.25, -0.2) is 0 Å². The number of amides is 1. The van der Waals surface area contributed by atoms with Gasteiger partial charge < -0.3 is 11.1 Å². The normalized spacial score (nSPS) is 10.3. The van der Waals surface area contributed by atoms with Crippen LogP contribution in [0.1, 0.15) is 20.8 Å². The van der Waals surface area contributed by atoms with E-state index >= 15 is 0 Å². The van der Waals surface area contributed by atoms with Crippen molar-refractivity contribution in [2.45, 2.75) is 13.0 Å². The van der Waals surface area contributed by atoms with E-state index in [1.54, 1.807) is 11.7 Å². The Morgan fingerprint density at radius 1 is 1.33 bits per heavy atom. The van der Waals surface area contributed by atoms with Gasteiger partial charge in [0.25, 0.3) is 5.91 Å². The van der Waals surface area contributed by atoms with Crippen LogP contribution in [0.2, 0.25) is 0 Å². The molecule has 1 amide bonds. The molecule has 5 heteroatoms. The Kier molecular flexibility index (Phi) is 4.44. The molecule has 1 aromatic heterocycles. The van der Waals surface area contributed by atoms with E-state index in [1.165, 1.54) is 11.3 Å². The summed E-state index contributed by atoms with van der Waals surface area (Å²) < 4.78 is 0. The maximum atomic E-state index is 11.9. The molecule has 4 nitrogen and oxygen atoms in total. The summed E-state index contributed by atoms with van der Waals surface area (Å²) in [7, 11) is 0. The first-order valence-corrected chi connectivity index (χ1v) is 6.62. The van der Waals surface area contributed by atoms with Crippen molar-refractivity contribution in [3.05, 3.63) is 52.0 Å². The zero-order chi connectivity index (χ0) is 12.8. The number of nitrogens with zero attached hydrogens (tertiary/aromatic N) is 1. The molecule has 0 aliphatic rings. The molecule has 2 aromatic rings. The monoisotopic (exact) mass is 261 g/mol. The van der Waals surface area contributed by atoms with Gasteiger partial charge in [0.2, 0.25) is 0 Å². The molecular formula is C13H15N3OS. The minimum absolute atomic E-state index is 0.0669. The molecule has 18 heavy (non-hydrogen) atoms. The van der Waals surface area contributed by atoms with Crippen LogP contribution in [0.4, 0.5) is 0 Å². The number of hydrogen-bond acceptors (Lipinski definition) is 4. The molecule has 2 rings (SSSR count). The molecule has 0 aliphatic heterocycles. The molecule has 0 saturated heterocycles. The molecule has 0 aliphatic carbocycles. The molecule has 94 valence electrons. The van der Waals surface area contributed by atoms with Crippen molar-refractivity contribution in [1.29, 1.82) is 0 Å². The smallest absolute Gasteiger partial charge is 0.251 e. The van der Waals surface area contributed by atoms with Crippen LogP contribution < -0.4 is 11.1 Å². The number of benzene rings is 1. The first-order valence-electron chi connectivity index (χ1n) is 5.74. The third-order valence-electron chi connectivity index (χ3n) is 2.56. The average Bonchev–Trinajstić information content (AvgIpc) is 2.90. The molecular weight excluding hydrogens is 246 g/mol. The fourth-order valence-corrected chi connectivity index (χ4v) is 2.12. The average molecular weight is 261 g/mol. The quantitative estimate of drug-likeness (QED) is 0.858. The lowest BCUT2D eigenvalue weighted by atomic mass is 10.1. The number of thiazole rings is 1. The Labute approximate surface area is 110 Å². The second kappa shape index (κ2) is 6.28. The Morgan fingerprint density at radius 2 is 2.11 bits per heavy atom. The van der Waals surface area contributed by atoms with E-state index in [1.807, 2.05) is 24.3 Å². The summed E-state index contributed by atoms with van der Waals surface area (Å²) in [5, 5.41) is 2.86. The topological polar surface area (TPSA) is 68.0 Å². The summed E-state index contributed by atoms with van der Waals surface area (Å²) >= 11 is 1.53. The van der Waals surface area contributed by atoms with Crippen molar-refractivity contribution >= 4 is 17.2 Å². The van der Waals surface area contributed by atoms with Gasteiger partial charge in [0.15, 0.2) is 0 Å². The van der Waals surface area contributed by atoms with Crippen molar-refractivity contribution in [1.82, 2.24) is 10.3 Å². The van der Waals surface area contributed by atoms with Crippen LogP contribution in [-0.2, 0) is 13.0 Å². The highest BCUT2D eigenvalue weighted by Crippen LogP contribution is 2.07. The third kappa shape index (κ3) is 3.38. The van der Waals surface area contributed by atoms with Crippen molar-refractivity contribution in [2.75, 3.05) is 6.54 Å². The Bertz CT molecular complexity index is 493. The van der Waals surface area contributed by atoms with Gasteiger partial charge >= 0.3 is 0 Å². The molecule has 3 N–H and O–H groups in total. The lowest BCUT2D eigenvalue weighted by Gasteiger charge is -2.04. The molecule has 0 saturated carbocycles. The SMILES string of the molecule is NCCc1ccc(C(=O)NCc2cncs2)cc1. The molecule has 1 heterocycles. The first-order chi connectivity index (χ1) is 8.79. The second-order valence-corrected chi connectivity index (χ2v) is 4.86. The van der Waals surface area contributed by atoms with Gasteiger partial charge in [-0.05, 0) is 30.7 Å². The van der Waals surface area contributed by atoms with Crippen LogP contribution >= 0.6 is 11.3 Å². The van der Waals surface area contributed by atoms with Gasteiger partial charge in [-0.15, -0.1) is 11.3 Å². The molecule has 1 aromatic carbocycles. The van der Waals surface area contributed by atoms with Crippen molar-refractivity contribution < 1.29 is 4.79 Å². The summed E-state index contributed by atoms with van der Waals surface area (Å²) in [6.45, 7) is 1.14. The standard InChI is InChI=1S/C13H15N3OS/c14-6-5-10-1-3-11(4-2-10)13(17)16-8-12-7-15-9-18-12/h1-4,7,9H,5-6,8,14H2,(H,16,17). The predicted octanol–water partition coefficient (Wildman–Crippen LogP) is 1.57. The zero-order valence-electron chi connectivity index (χ0n) is 9.93. The number of nitrogens with one attached hydrogen (secondary N) is 1. The van der Waals surface area contributed by atoms with Crippen LogP contribution in [0, 0.1) is 0 Å². The Morgan fingerprint density at radius 3 is 2.72 bits per heavy atom. The summed E-state index contributed by atoms with van der Waals surface area (Å²) in [6, 6.07) is 7.53. The molecule has 0 fully saturated rings. The van der Waals surface area contributed by atoms with E-state index in [-0.39, 0.29) is 5.91 Å². The highest BCUT2D eigenvalue weighted by atomic mass is 32.1. The van der Waals surface area contributed by atoms with E-state index in [9.17, 15) is 4.79 Å². The van der Waals surface area contributed by atoms with Crippen LogP contribution in [0.15, 0.2) is 36.0 Å². The van der Waals surface area contributed by atoms with E-state index in [0.29, 0.717) is 18.7 Å². The fourth-order valence-electron chi connectivity index (χ4n) is 1.59. The maximum absolute atomic E-state index is 11.9. The van der Waals surface area contributed by atoms with Crippen molar-refractivity contribution in [3.63, 3.8) is 0 Å². The Hall–Kier alpha value is -1.72. The van der Waals surface area contributed by atoms with Crippen molar-refractivity contribution in [2.24, 2.45) is 5.73 Å². The van der Waals surface area contributed by atoms with Crippen LogP contribution in [0.25, 0.3) is 0 Å². The van der Waals surface area contributed by atoms with E-state index in [2.05, 4.69) is 10.3 Å². The van der Waals surface area contributed by atoms with E-state index in [0.717, 1.165) is 16.9 Å². The minimum atomic E-state index is -0.0669. The fraction of sp³-hybridized carbons (Fsp3) is 0.231. The Balaban J connectivity index is 1.92. The van der Waals surface area contributed by atoms with Crippen LogP contribution in [-0.4, -0.2) is 17.4 Å². The minimum Gasteiger partial charge on any atom is -0.347 e. The number of carbonyl (C=O) groups excluding carboxylic acids is 1. The summed E-state index contributed by atoms with van der Waals surface area (Å²) in [4.78, 5) is 16.9. The largest absolute Gasteiger partial charge is 0.347 e. The molecule has 0 spiro atoms. The van der Waals surface area contributed by atoms with Gasteiger partial charge in [-0.1, -0.05) is 12.1 Å². The number of hydrogen-bond donors (Lipinski definition) is 2. The van der Waals surface area contributed by atoms with Gasteiger partial charge in [0, 0.05) is 16.6 Å². The predicted molar refractivity (Wildman–Crippen MR) is 72.5 cm³/mol. The molecule has 0 atom stereocenters. The number of rotatable bonds is 5. The van der Waals surface area contributed by atoms with Crippen LogP contribution in [0.3, 0.4) is 0 Å². The van der Waals surface area contributed by atoms with Gasteiger partial charge in [0.1, 0.15) is 0 Å². The highest BCUT2D eigenvalue weighted by Gasteiger charge is 2.05. The summed E-state index contributed by atoms with van der Waals surface area (Å²) in [5.74, 6) is -0.0669. The lowest BCUT2D eigenvalue weighted by Crippen LogP contribution is -2.22. The maximum Gasteiger partial charge on any atom is 0.251 e. The zero-order valence-corrected chi connectivity index (χ0v) is 10.7. The molecule has 0 unspecified atom stereocenters. The van der Waals surface area contributed by atoms with E-state index < -0.39 is 0 Å². The van der Waals surface area contributed by atoms with Gasteiger partial charge in [0.05, 0.1) is 12.1 Å². The third-order valence-corrected chi connectivity index (χ3v) is 3.34. The van der Waals surface area contributed by atoms with Crippen LogP contribution in [0.5, 0.6) is 0 Å². The lowest BCUT2D eigenvalue weighted by molar-refractivity contribution is 0.0951. The van der Waals surface area contributed by atoms with Crippen molar-refractivity contribution in [3.8, 4) is 0 Å². The second-order valence-electron chi connectivity index (χ2n) is 3.89. The van der Waals surface area contributed by atoms with Gasteiger partial charge in [-0.2, -0.15) is 0 Å². The number of nitrogens with two attached hydrogens (primary N) is 1. The number of aromatic nitrogens is 1. The summed E-state index contributed by atoms with van der Waals surface area (Å²) in [5.41, 5.74) is 9.05. The first kappa shape index (κ1) is 12.7. The highest BCUT2D eigenvalue weighted by molar-refractivity contribution is 7.09. The number of carbonyl (C=O) groups is 1. The van der Waals surface area contributed by atoms with Gasteiger partial charge in [-0.3, -0.25) is 9.78 Å². The molecule has 0 bridgehead atoms.